The molecule has 0 aromatic carbocycles. The number of ether oxygens (including phenoxy) is 1. The average molecular weight is 182 g/mol. The summed E-state index contributed by atoms with van der Waals surface area (Å²) in [6.45, 7) is 7.78. The van der Waals surface area contributed by atoms with Gasteiger partial charge in [-0.05, 0) is 31.1 Å². The zero-order valence-corrected chi connectivity index (χ0v) is 8.45. The van der Waals surface area contributed by atoms with Crippen molar-refractivity contribution in [1.82, 2.24) is 0 Å². The lowest BCUT2D eigenvalue weighted by atomic mass is 9.94. The number of carbonyl (C=O) groups is 1. The third-order valence-electron chi connectivity index (χ3n) is 3.02. The lowest BCUT2D eigenvalue weighted by molar-refractivity contribution is -0.145. The van der Waals surface area contributed by atoms with E-state index in [-0.39, 0.29) is 12.1 Å². The van der Waals surface area contributed by atoms with Crippen LogP contribution in [0.15, 0.2) is 12.7 Å². The van der Waals surface area contributed by atoms with E-state index in [0.717, 1.165) is 12.8 Å². The molecule has 0 N–H and O–H groups in total. The molecule has 1 aliphatic carbocycles. The van der Waals surface area contributed by atoms with Gasteiger partial charge in [-0.3, -0.25) is 0 Å². The highest BCUT2D eigenvalue weighted by molar-refractivity contribution is 5.81. The number of esters is 1. The Balaban J connectivity index is 2.50. The van der Waals surface area contributed by atoms with Gasteiger partial charge in [-0.1, -0.05) is 20.4 Å². The van der Waals surface area contributed by atoms with Crippen LogP contribution >= 0.6 is 0 Å². The van der Waals surface area contributed by atoms with Gasteiger partial charge >= 0.3 is 5.97 Å². The summed E-state index contributed by atoms with van der Waals surface area (Å²) in [5.41, 5.74) is 0. The molecule has 3 atom stereocenters. The Morgan fingerprint density at radius 2 is 2.31 bits per heavy atom. The van der Waals surface area contributed by atoms with Crippen molar-refractivity contribution in [3.63, 3.8) is 0 Å². The number of rotatable bonds is 3. The predicted molar refractivity (Wildman–Crippen MR) is 52.3 cm³/mol. The van der Waals surface area contributed by atoms with E-state index in [4.69, 9.17) is 4.74 Å². The molecule has 0 saturated heterocycles. The monoisotopic (exact) mass is 182 g/mol. The summed E-state index contributed by atoms with van der Waals surface area (Å²) in [7, 11) is 0. The summed E-state index contributed by atoms with van der Waals surface area (Å²) in [5, 5.41) is 0. The van der Waals surface area contributed by atoms with Crippen LogP contribution in [0.25, 0.3) is 0 Å². The van der Waals surface area contributed by atoms with Crippen LogP contribution in [-0.4, -0.2) is 12.1 Å². The number of hydrogen-bond acceptors (Lipinski definition) is 2. The Morgan fingerprint density at radius 3 is 2.85 bits per heavy atom. The third kappa shape index (κ3) is 2.33. The number of carbonyl (C=O) groups excluding carboxylic acids is 1. The van der Waals surface area contributed by atoms with Crippen LogP contribution in [0.3, 0.4) is 0 Å². The third-order valence-corrected chi connectivity index (χ3v) is 3.02. The van der Waals surface area contributed by atoms with Crippen molar-refractivity contribution in [2.45, 2.75) is 39.2 Å². The quantitative estimate of drug-likeness (QED) is 0.495. The van der Waals surface area contributed by atoms with Gasteiger partial charge < -0.3 is 4.74 Å². The Labute approximate surface area is 80.0 Å². The molecule has 1 saturated carbocycles. The van der Waals surface area contributed by atoms with Gasteiger partial charge in [-0.2, -0.15) is 0 Å². The first-order chi connectivity index (χ1) is 6.19. The molecule has 0 aliphatic heterocycles. The van der Waals surface area contributed by atoms with Gasteiger partial charge in [0.05, 0.1) is 0 Å². The van der Waals surface area contributed by atoms with E-state index in [2.05, 4.69) is 20.4 Å². The molecule has 0 heterocycles. The van der Waals surface area contributed by atoms with Gasteiger partial charge in [0.2, 0.25) is 0 Å². The molecule has 2 heteroatoms. The minimum atomic E-state index is -0.280. The normalized spacial score (nSPS) is 32.9. The van der Waals surface area contributed by atoms with Crippen LogP contribution in [-0.2, 0) is 9.53 Å². The highest BCUT2D eigenvalue weighted by Gasteiger charge is 2.34. The highest BCUT2D eigenvalue weighted by atomic mass is 16.5. The second kappa shape index (κ2) is 4.45. The van der Waals surface area contributed by atoms with E-state index in [1.807, 2.05) is 0 Å². The Hall–Kier alpha value is -0.790. The van der Waals surface area contributed by atoms with Crippen molar-refractivity contribution in [1.29, 1.82) is 0 Å². The molecule has 74 valence electrons. The van der Waals surface area contributed by atoms with Gasteiger partial charge in [0, 0.05) is 6.08 Å². The molecule has 1 aliphatic rings. The molecule has 1 fully saturated rings. The van der Waals surface area contributed by atoms with Gasteiger partial charge in [0.1, 0.15) is 6.10 Å². The fraction of sp³-hybridized carbons (Fsp3) is 0.727. The van der Waals surface area contributed by atoms with E-state index in [1.165, 1.54) is 12.5 Å². The molecule has 0 spiro atoms. The Bertz CT molecular complexity index is 198. The maximum absolute atomic E-state index is 11.0. The largest absolute Gasteiger partial charge is 0.459 e. The van der Waals surface area contributed by atoms with Crippen LogP contribution in [0.4, 0.5) is 0 Å². The average Bonchev–Trinajstić information content (AvgIpc) is 2.46. The highest BCUT2D eigenvalue weighted by Crippen LogP contribution is 2.35. The summed E-state index contributed by atoms with van der Waals surface area (Å²) in [4.78, 5) is 11.0. The van der Waals surface area contributed by atoms with Crippen molar-refractivity contribution >= 4 is 5.97 Å². The molecule has 0 aromatic rings. The smallest absolute Gasteiger partial charge is 0.330 e. The van der Waals surface area contributed by atoms with Crippen LogP contribution in [0, 0.1) is 11.8 Å². The zero-order chi connectivity index (χ0) is 9.84. The van der Waals surface area contributed by atoms with Gasteiger partial charge in [0.25, 0.3) is 0 Å². The van der Waals surface area contributed by atoms with E-state index >= 15 is 0 Å². The van der Waals surface area contributed by atoms with Crippen molar-refractivity contribution in [2.24, 2.45) is 11.8 Å². The van der Waals surface area contributed by atoms with Crippen LogP contribution < -0.4 is 0 Å². The molecule has 3 unspecified atom stereocenters. The molecule has 0 radical (unpaired) electrons. The lowest BCUT2D eigenvalue weighted by Crippen LogP contribution is -2.23. The minimum absolute atomic E-state index is 0.130. The lowest BCUT2D eigenvalue weighted by Gasteiger charge is -2.20. The topological polar surface area (TPSA) is 26.3 Å². The molecular weight excluding hydrogens is 164 g/mol. The molecule has 0 bridgehead atoms. The first kappa shape index (κ1) is 10.3. The summed E-state index contributed by atoms with van der Waals surface area (Å²) in [6.07, 6.45) is 4.66. The molecule has 1 rings (SSSR count). The zero-order valence-electron chi connectivity index (χ0n) is 8.45. The Kier molecular flexibility index (Phi) is 3.52. The van der Waals surface area contributed by atoms with E-state index in [1.54, 1.807) is 0 Å². The predicted octanol–water partition coefficient (Wildman–Crippen LogP) is 2.54. The molecule has 13 heavy (non-hydrogen) atoms. The van der Waals surface area contributed by atoms with Crippen LogP contribution in [0.2, 0.25) is 0 Å². The SMILES string of the molecule is C=CC(=O)OC1CCC(C)C1CC. The first-order valence-electron chi connectivity index (χ1n) is 5.02. The fourth-order valence-corrected chi connectivity index (χ4v) is 2.23. The molecule has 0 aromatic heterocycles. The second-order valence-corrected chi connectivity index (χ2v) is 3.81. The van der Waals surface area contributed by atoms with Crippen molar-refractivity contribution in [3.05, 3.63) is 12.7 Å². The summed E-state index contributed by atoms with van der Waals surface area (Å²) < 4.78 is 5.28. The minimum Gasteiger partial charge on any atom is -0.459 e. The van der Waals surface area contributed by atoms with E-state index < -0.39 is 0 Å². The maximum Gasteiger partial charge on any atom is 0.330 e. The summed E-state index contributed by atoms with van der Waals surface area (Å²) >= 11 is 0. The number of hydrogen-bond donors (Lipinski definition) is 0. The Morgan fingerprint density at radius 1 is 1.62 bits per heavy atom. The summed E-state index contributed by atoms with van der Waals surface area (Å²) in [5.74, 6) is 0.953. The second-order valence-electron chi connectivity index (χ2n) is 3.81. The standard InChI is InChI=1S/C11H18O2/c1-4-9-8(3)6-7-10(9)13-11(12)5-2/h5,8-10H,2,4,6-7H2,1,3H3. The maximum atomic E-state index is 11.0. The van der Waals surface area contributed by atoms with Crippen LogP contribution in [0.5, 0.6) is 0 Å². The van der Waals surface area contributed by atoms with Crippen LogP contribution in [0.1, 0.15) is 33.1 Å². The van der Waals surface area contributed by atoms with Crippen molar-refractivity contribution in [3.8, 4) is 0 Å². The summed E-state index contributed by atoms with van der Waals surface area (Å²) in [6, 6.07) is 0. The van der Waals surface area contributed by atoms with Gasteiger partial charge in [-0.15, -0.1) is 0 Å². The van der Waals surface area contributed by atoms with E-state index in [9.17, 15) is 4.79 Å². The molecule has 0 amide bonds. The van der Waals surface area contributed by atoms with E-state index in [0.29, 0.717) is 11.8 Å². The van der Waals surface area contributed by atoms with Gasteiger partial charge in [-0.25, -0.2) is 4.79 Å². The molecular formula is C11H18O2. The molecule has 2 nitrogen and oxygen atoms in total. The fourth-order valence-electron chi connectivity index (χ4n) is 2.23. The van der Waals surface area contributed by atoms with Crippen molar-refractivity contribution in [2.75, 3.05) is 0 Å². The van der Waals surface area contributed by atoms with Gasteiger partial charge in [0.15, 0.2) is 0 Å². The van der Waals surface area contributed by atoms with Crippen molar-refractivity contribution < 1.29 is 9.53 Å². The first-order valence-corrected chi connectivity index (χ1v) is 5.02.